The van der Waals surface area contributed by atoms with Gasteiger partial charge in [-0.25, -0.2) is 4.98 Å². The molecule has 6 heteroatoms. The normalized spacial score (nSPS) is 18.5. The molecule has 2 unspecified atom stereocenters. The number of likely N-dealkylation sites (tertiary alicyclic amines) is 1. The summed E-state index contributed by atoms with van der Waals surface area (Å²) in [4.78, 5) is 30.4. The van der Waals surface area contributed by atoms with Gasteiger partial charge in [0.15, 0.2) is 0 Å². The molecule has 0 aliphatic carbocycles. The number of carbonyl (C=O) groups excluding carboxylic acids is 2. The minimum Gasteiger partial charge on any atom is -0.495 e. The first-order chi connectivity index (χ1) is 15.1. The summed E-state index contributed by atoms with van der Waals surface area (Å²) in [7, 11) is 1.62. The Kier molecular flexibility index (Phi) is 5.98. The number of benzene rings is 2. The second-order valence-electron chi connectivity index (χ2n) is 7.75. The van der Waals surface area contributed by atoms with E-state index in [1.165, 1.54) is 0 Å². The number of nitrogens with zero attached hydrogens (tertiary/aromatic N) is 3. The lowest BCUT2D eigenvalue weighted by molar-refractivity contribution is -0.125. The van der Waals surface area contributed by atoms with Crippen LogP contribution < -0.4 is 4.74 Å². The lowest BCUT2D eigenvalue weighted by Gasteiger charge is -2.15. The van der Waals surface area contributed by atoms with Crippen molar-refractivity contribution >= 4 is 18.3 Å². The molecule has 1 amide bonds. The van der Waals surface area contributed by atoms with Gasteiger partial charge in [-0.1, -0.05) is 36.4 Å². The minimum atomic E-state index is -0.183. The summed E-state index contributed by atoms with van der Waals surface area (Å²) in [6, 6.07) is 15.7. The third-order valence-corrected chi connectivity index (χ3v) is 5.69. The van der Waals surface area contributed by atoms with Crippen molar-refractivity contribution in [3.63, 3.8) is 0 Å². The fraction of sp³-hybridized carbons (Fsp3) is 0.240. The van der Waals surface area contributed by atoms with Gasteiger partial charge in [-0.05, 0) is 36.3 Å². The monoisotopic (exact) mass is 415 g/mol. The van der Waals surface area contributed by atoms with Crippen molar-refractivity contribution in [1.82, 2.24) is 14.5 Å². The fourth-order valence-electron chi connectivity index (χ4n) is 4.04. The highest BCUT2D eigenvalue weighted by molar-refractivity contribution is 5.92. The predicted molar refractivity (Wildman–Crippen MR) is 119 cm³/mol. The molecule has 1 aliphatic heterocycles. The maximum absolute atomic E-state index is 12.8. The van der Waals surface area contributed by atoms with E-state index in [2.05, 4.69) is 4.98 Å². The van der Waals surface area contributed by atoms with Gasteiger partial charge in [-0.15, -0.1) is 0 Å². The standard InChI is InChI=1S/C25H25N3O3/c1-18-13-28(17-26-18)23-10-8-19(12-24(23)31-2)9-11-25(30)27-14-21(16-29)22(15-27)20-6-4-3-5-7-20/h3-13,16-17,21-22H,14-15H2,1-2H3/b11-9+. The van der Waals surface area contributed by atoms with E-state index < -0.39 is 0 Å². The molecule has 0 N–H and O–H groups in total. The van der Waals surface area contributed by atoms with Crippen LogP contribution in [0.25, 0.3) is 11.8 Å². The predicted octanol–water partition coefficient (Wildman–Crippen LogP) is 3.64. The Bertz CT molecular complexity index is 1100. The molecule has 0 saturated carbocycles. The molecular weight excluding hydrogens is 390 g/mol. The Hall–Kier alpha value is -3.67. The molecule has 2 aromatic carbocycles. The van der Waals surface area contributed by atoms with E-state index in [0.717, 1.165) is 28.8 Å². The number of hydrogen-bond donors (Lipinski definition) is 0. The van der Waals surface area contributed by atoms with Crippen molar-refractivity contribution in [2.24, 2.45) is 5.92 Å². The highest BCUT2D eigenvalue weighted by Crippen LogP contribution is 2.31. The van der Waals surface area contributed by atoms with Gasteiger partial charge in [0.2, 0.25) is 5.91 Å². The van der Waals surface area contributed by atoms with E-state index in [0.29, 0.717) is 18.8 Å². The first kappa shape index (κ1) is 20.6. The third-order valence-electron chi connectivity index (χ3n) is 5.69. The lowest BCUT2D eigenvalue weighted by atomic mass is 9.90. The molecule has 3 aromatic rings. The number of aryl methyl sites for hydroxylation is 1. The second-order valence-corrected chi connectivity index (χ2v) is 7.75. The van der Waals surface area contributed by atoms with Crippen LogP contribution in [0.4, 0.5) is 0 Å². The Morgan fingerprint density at radius 3 is 2.65 bits per heavy atom. The number of ether oxygens (including phenoxy) is 1. The zero-order chi connectivity index (χ0) is 21.8. The molecule has 4 rings (SSSR count). The Balaban J connectivity index is 1.48. The first-order valence-corrected chi connectivity index (χ1v) is 10.2. The average molecular weight is 415 g/mol. The highest BCUT2D eigenvalue weighted by atomic mass is 16.5. The van der Waals surface area contributed by atoms with E-state index in [9.17, 15) is 9.59 Å². The zero-order valence-corrected chi connectivity index (χ0v) is 17.6. The molecule has 6 nitrogen and oxygen atoms in total. The van der Waals surface area contributed by atoms with Crippen LogP contribution in [0.15, 0.2) is 67.1 Å². The molecule has 2 heterocycles. The van der Waals surface area contributed by atoms with Crippen LogP contribution in [0.3, 0.4) is 0 Å². The summed E-state index contributed by atoms with van der Waals surface area (Å²) >= 11 is 0. The number of amides is 1. The summed E-state index contributed by atoms with van der Waals surface area (Å²) in [5.74, 6) is 0.448. The van der Waals surface area contributed by atoms with E-state index in [1.54, 1.807) is 30.5 Å². The van der Waals surface area contributed by atoms with Gasteiger partial charge in [-0.3, -0.25) is 4.79 Å². The Labute approximate surface area is 181 Å². The van der Waals surface area contributed by atoms with Crippen molar-refractivity contribution < 1.29 is 14.3 Å². The SMILES string of the molecule is COc1cc(/C=C/C(=O)N2CC(C=O)C(c3ccccc3)C2)ccc1-n1cnc(C)c1. The lowest BCUT2D eigenvalue weighted by Crippen LogP contribution is -2.27. The van der Waals surface area contributed by atoms with Crippen LogP contribution in [0.5, 0.6) is 5.75 Å². The second kappa shape index (κ2) is 9.00. The van der Waals surface area contributed by atoms with Crippen molar-refractivity contribution in [1.29, 1.82) is 0 Å². The van der Waals surface area contributed by atoms with Crippen LogP contribution in [0.1, 0.15) is 22.7 Å². The molecule has 1 fully saturated rings. The third kappa shape index (κ3) is 4.43. The van der Waals surface area contributed by atoms with Crippen LogP contribution in [0.2, 0.25) is 0 Å². The van der Waals surface area contributed by atoms with Gasteiger partial charge in [0.25, 0.3) is 0 Å². The number of carbonyl (C=O) groups is 2. The number of aldehydes is 1. The molecule has 0 spiro atoms. The van der Waals surface area contributed by atoms with Crippen molar-refractivity contribution in [2.75, 3.05) is 20.2 Å². The van der Waals surface area contributed by atoms with Gasteiger partial charge in [0, 0.05) is 37.2 Å². The minimum absolute atomic E-state index is 0.0362. The molecule has 1 aromatic heterocycles. The van der Waals surface area contributed by atoms with Crippen molar-refractivity contribution in [3.05, 3.63) is 84.0 Å². The maximum atomic E-state index is 12.8. The van der Waals surface area contributed by atoms with Gasteiger partial charge in [0.1, 0.15) is 12.0 Å². The highest BCUT2D eigenvalue weighted by Gasteiger charge is 2.35. The summed E-state index contributed by atoms with van der Waals surface area (Å²) in [6.07, 6.45) is 7.98. The van der Waals surface area contributed by atoms with Crippen LogP contribution in [-0.2, 0) is 9.59 Å². The number of hydrogen-bond acceptors (Lipinski definition) is 4. The summed E-state index contributed by atoms with van der Waals surface area (Å²) < 4.78 is 7.43. The largest absolute Gasteiger partial charge is 0.495 e. The summed E-state index contributed by atoms with van der Waals surface area (Å²) in [6.45, 7) is 2.91. The number of aromatic nitrogens is 2. The Morgan fingerprint density at radius 1 is 1.16 bits per heavy atom. The summed E-state index contributed by atoms with van der Waals surface area (Å²) in [5.41, 5.74) is 3.75. The smallest absolute Gasteiger partial charge is 0.246 e. The van der Waals surface area contributed by atoms with Gasteiger partial charge in [-0.2, -0.15) is 0 Å². The number of rotatable bonds is 6. The maximum Gasteiger partial charge on any atom is 0.246 e. The van der Waals surface area contributed by atoms with Gasteiger partial charge < -0.3 is 19.0 Å². The van der Waals surface area contributed by atoms with Gasteiger partial charge in [0.05, 0.1) is 24.8 Å². The topological polar surface area (TPSA) is 64.4 Å². The quantitative estimate of drug-likeness (QED) is 0.455. The Morgan fingerprint density at radius 2 is 1.97 bits per heavy atom. The van der Waals surface area contributed by atoms with Crippen LogP contribution in [-0.4, -0.2) is 46.8 Å². The molecule has 0 bridgehead atoms. The number of imidazole rings is 1. The average Bonchev–Trinajstić information content (AvgIpc) is 3.44. The number of methoxy groups -OCH3 is 1. The molecule has 1 aliphatic rings. The molecule has 31 heavy (non-hydrogen) atoms. The van der Waals surface area contributed by atoms with E-state index in [1.807, 2.05) is 66.2 Å². The molecule has 158 valence electrons. The van der Waals surface area contributed by atoms with Crippen molar-refractivity contribution in [2.45, 2.75) is 12.8 Å². The van der Waals surface area contributed by atoms with E-state index >= 15 is 0 Å². The van der Waals surface area contributed by atoms with Gasteiger partial charge >= 0.3 is 0 Å². The first-order valence-electron chi connectivity index (χ1n) is 10.2. The zero-order valence-electron chi connectivity index (χ0n) is 17.6. The summed E-state index contributed by atoms with van der Waals surface area (Å²) in [5, 5.41) is 0. The molecule has 1 saturated heterocycles. The fourth-order valence-corrected chi connectivity index (χ4v) is 4.04. The van der Waals surface area contributed by atoms with Crippen molar-refractivity contribution in [3.8, 4) is 11.4 Å². The van der Waals surface area contributed by atoms with E-state index in [4.69, 9.17) is 4.74 Å². The molecule has 2 atom stereocenters. The molecule has 0 radical (unpaired) electrons. The molecular formula is C25H25N3O3. The van der Waals surface area contributed by atoms with Crippen LogP contribution in [0, 0.1) is 12.8 Å². The van der Waals surface area contributed by atoms with Crippen LogP contribution >= 0.6 is 0 Å². The van der Waals surface area contributed by atoms with E-state index in [-0.39, 0.29) is 17.7 Å².